The average Bonchev–Trinajstić information content (AvgIpc) is 2.39. The molecule has 1 aromatic carbocycles. The summed E-state index contributed by atoms with van der Waals surface area (Å²) in [5.41, 5.74) is 5.42. The molecule has 116 valence electrons. The van der Waals surface area contributed by atoms with Gasteiger partial charge in [0.05, 0.1) is 11.6 Å². The molecule has 2 rings (SSSR count). The maximum atomic E-state index is 13.2. The predicted molar refractivity (Wildman–Crippen MR) is 73.4 cm³/mol. The van der Waals surface area contributed by atoms with Gasteiger partial charge < -0.3 is 10.6 Å². The minimum Gasteiger partial charge on any atom is -0.332 e. The molecule has 6 heteroatoms. The quantitative estimate of drug-likeness (QED) is 0.912. The fourth-order valence-corrected chi connectivity index (χ4v) is 2.94. The van der Waals surface area contributed by atoms with Crippen LogP contribution in [0.2, 0.25) is 0 Å². The van der Waals surface area contributed by atoms with Crippen LogP contribution in [0.3, 0.4) is 0 Å². The number of nitrogens with two attached hydrogens (primary N) is 1. The molecule has 21 heavy (non-hydrogen) atoms. The van der Waals surface area contributed by atoms with E-state index in [0.717, 1.165) is 6.07 Å². The summed E-state index contributed by atoms with van der Waals surface area (Å²) in [6.07, 6.45) is -3.78. The Kier molecular flexibility index (Phi) is 4.27. The van der Waals surface area contributed by atoms with Crippen molar-refractivity contribution in [1.82, 2.24) is 4.90 Å². The van der Waals surface area contributed by atoms with Gasteiger partial charge in [0.25, 0.3) is 0 Å². The van der Waals surface area contributed by atoms with Crippen LogP contribution in [-0.2, 0) is 11.0 Å². The van der Waals surface area contributed by atoms with Crippen LogP contribution in [0.1, 0.15) is 43.9 Å². The minimum absolute atomic E-state index is 0.0826. The lowest BCUT2D eigenvalue weighted by atomic mass is 9.87. The van der Waals surface area contributed by atoms with Gasteiger partial charge in [-0.3, -0.25) is 4.79 Å². The van der Waals surface area contributed by atoms with Crippen molar-refractivity contribution in [1.29, 1.82) is 0 Å². The average molecular weight is 300 g/mol. The molecule has 0 spiro atoms. The monoisotopic (exact) mass is 300 g/mol. The van der Waals surface area contributed by atoms with Gasteiger partial charge in [0.2, 0.25) is 5.91 Å². The third kappa shape index (κ3) is 3.05. The SMILES string of the molecule is CC(C)N1C(=O)CCC(N)C1c1ccccc1C(F)(F)F. The second-order valence-corrected chi connectivity index (χ2v) is 5.63. The number of rotatable bonds is 2. The van der Waals surface area contributed by atoms with Gasteiger partial charge in [-0.2, -0.15) is 13.2 Å². The molecule has 1 aliphatic rings. The number of piperidine rings is 1. The molecule has 2 unspecified atom stereocenters. The Bertz CT molecular complexity index is 528. The van der Waals surface area contributed by atoms with Gasteiger partial charge in [0.1, 0.15) is 0 Å². The molecule has 1 saturated heterocycles. The van der Waals surface area contributed by atoms with E-state index in [9.17, 15) is 18.0 Å². The maximum absolute atomic E-state index is 13.2. The Hall–Kier alpha value is -1.56. The molecule has 0 aromatic heterocycles. The molecule has 2 N–H and O–H groups in total. The van der Waals surface area contributed by atoms with E-state index in [1.807, 2.05) is 0 Å². The Labute approximate surface area is 121 Å². The summed E-state index contributed by atoms with van der Waals surface area (Å²) >= 11 is 0. The Morgan fingerprint density at radius 3 is 2.48 bits per heavy atom. The van der Waals surface area contributed by atoms with E-state index in [1.54, 1.807) is 19.9 Å². The van der Waals surface area contributed by atoms with Gasteiger partial charge in [-0.15, -0.1) is 0 Å². The molecule has 0 aliphatic carbocycles. The van der Waals surface area contributed by atoms with Gasteiger partial charge in [0.15, 0.2) is 0 Å². The Balaban J connectivity index is 2.54. The minimum atomic E-state index is -4.46. The van der Waals surface area contributed by atoms with Gasteiger partial charge in [-0.05, 0) is 31.9 Å². The molecule has 1 heterocycles. The second kappa shape index (κ2) is 5.67. The van der Waals surface area contributed by atoms with Gasteiger partial charge in [-0.25, -0.2) is 0 Å². The van der Waals surface area contributed by atoms with Crippen molar-refractivity contribution >= 4 is 5.91 Å². The largest absolute Gasteiger partial charge is 0.416 e. The van der Waals surface area contributed by atoms with E-state index in [-0.39, 0.29) is 23.9 Å². The Morgan fingerprint density at radius 2 is 1.90 bits per heavy atom. The standard InChI is InChI=1S/C15H19F3N2O/c1-9(2)20-13(21)8-7-12(19)14(20)10-5-3-4-6-11(10)15(16,17)18/h3-6,9,12,14H,7-8,19H2,1-2H3. The molecule has 0 radical (unpaired) electrons. The van der Waals surface area contributed by atoms with Crippen LogP contribution in [0.15, 0.2) is 24.3 Å². The van der Waals surface area contributed by atoms with Crippen LogP contribution < -0.4 is 5.73 Å². The lowest BCUT2D eigenvalue weighted by molar-refractivity contribution is -0.144. The van der Waals surface area contributed by atoms with E-state index in [1.165, 1.54) is 17.0 Å². The first-order chi connectivity index (χ1) is 9.73. The van der Waals surface area contributed by atoms with Crippen LogP contribution in [0, 0.1) is 0 Å². The van der Waals surface area contributed by atoms with E-state index in [0.29, 0.717) is 6.42 Å². The molecular weight excluding hydrogens is 281 g/mol. The van der Waals surface area contributed by atoms with Crippen molar-refractivity contribution in [2.75, 3.05) is 0 Å². The third-order valence-corrected chi connectivity index (χ3v) is 3.83. The molecule has 3 nitrogen and oxygen atoms in total. The van der Waals surface area contributed by atoms with Crippen molar-refractivity contribution in [2.24, 2.45) is 5.73 Å². The van der Waals surface area contributed by atoms with Gasteiger partial charge >= 0.3 is 6.18 Å². The van der Waals surface area contributed by atoms with E-state index < -0.39 is 23.8 Å². The fourth-order valence-electron chi connectivity index (χ4n) is 2.94. The molecule has 1 aliphatic heterocycles. The summed E-state index contributed by atoms with van der Waals surface area (Å²) < 4.78 is 39.6. The van der Waals surface area contributed by atoms with Crippen molar-refractivity contribution in [2.45, 2.75) is 51.0 Å². The lowest BCUT2D eigenvalue weighted by Crippen LogP contribution is -2.52. The molecule has 1 aromatic rings. The van der Waals surface area contributed by atoms with Crippen LogP contribution in [0.25, 0.3) is 0 Å². The summed E-state index contributed by atoms with van der Waals surface area (Å²) in [5, 5.41) is 0. The van der Waals surface area contributed by atoms with Crippen molar-refractivity contribution < 1.29 is 18.0 Å². The first kappa shape index (κ1) is 15.8. The smallest absolute Gasteiger partial charge is 0.332 e. The molecule has 1 fully saturated rings. The van der Waals surface area contributed by atoms with Gasteiger partial charge in [-0.1, -0.05) is 18.2 Å². The summed E-state index contributed by atoms with van der Waals surface area (Å²) in [6.45, 7) is 3.58. The summed E-state index contributed by atoms with van der Waals surface area (Å²) in [4.78, 5) is 13.6. The molecule has 0 saturated carbocycles. The highest BCUT2D eigenvalue weighted by molar-refractivity contribution is 5.78. The van der Waals surface area contributed by atoms with Gasteiger partial charge in [0, 0.05) is 18.5 Å². The van der Waals surface area contributed by atoms with Crippen LogP contribution in [0.5, 0.6) is 0 Å². The van der Waals surface area contributed by atoms with Crippen molar-refractivity contribution in [3.63, 3.8) is 0 Å². The normalized spacial score (nSPS) is 23.8. The number of carbonyl (C=O) groups excluding carboxylic acids is 1. The highest BCUT2D eigenvalue weighted by Gasteiger charge is 2.42. The zero-order valence-electron chi connectivity index (χ0n) is 12.0. The van der Waals surface area contributed by atoms with Crippen LogP contribution in [0.4, 0.5) is 13.2 Å². The molecule has 0 bridgehead atoms. The number of carbonyl (C=O) groups is 1. The number of amides is 1. The summed E-state index contributed by atoms with van der Waals surface area (Å²) in [7, 11) is 0. The van der Waals surface area contributed by atoms with E-state index >= 15 is 0 Å². The highest BCUT2D eigenvalue weighted by atomic mass is 19.4. The zero-order chi connectivity index (χ0) is 15.8. The number of alkyl halides is 3. The third-order valence-electron chi connectivity index (χ3n) is 3.83. The number of hydrogen-bond donors (Lipinski definition) is 1. The first-order valence-electron chi connectivity index (χ1n) is 6.96. The first-order valence-corrected chi connectivity index (χ1v) is 6.96. The summed E-state index contributed by atoms with van der Waals surface area (Å²) in [6, 6.07) is 3.94. The van der Waals surface area contributed by atoms with Crippen LogP contribution in [-0.4, -0.2) is 22.9 Å². The van der Waals surface area contributed by atoms with E-state index in [2.05, 4.69) is 0 Å². The zero-order valence-corrected chi connectivity index (χ0v) is 12.0. The topological polar surface area (TPSA) is 46.3 Å². The molecule has 2 atom stereocenters. The van der Waals surface area contributed by atoms with Crippen molar-refractivity contribution in [3.05, 3.63) is 35.4 Å². The Morgan fingerprint density at radius 1 is 1.29 bits per heavy atom. The second-order valence-electron chi connectivity index (χ2n) is 5.63. The number of benzene rings is 1. The number of hydrogen-bond acceptors (Lipinski definition) is 2. The van der Waals surface area contributed by atoms with Crippen molar-refractivity contribution in [3.8, 4) is 0 Å². The highest BCUT2D eigenvalue weighted by Crippen LogP contribution is 2.40. The number of likely N-dealkylation sites (tertiary alicyclic amines) is 1. The lowest BCUT2D eigenvalue weighted by Gasteiger charge is -2.43. The van der Waals surface area contributed by atoms with E-state index in [4.69, 9.17) is 5.73 Å². The predicted octanol–water partition coefficient (Wildman–Crippen LogP) is 3.10. The number of halogens is 3. The maximum Gasteiger partial charge on any atom is 0.416 e. The summed E-state index contributed by atoms with van der Waals surface area (Å²) in [5.74, 6) is -0.145. The molecular formula is C15H19F3N2O. The fraction of sp³-hybridized carbons (Fsp3) is 0.533. The number of nitrogens with zero attached hydrogens (tertiary/aromatic N) is 1. The van der Waals surface area contributed by atoms with Crippen LogP contribution >= 0.6 is 0 Å². The molecule has 1 amide bonds.